The largest absolute Gasteiger partial charge is 0.387 e. The Labute approximate surface area is 134 Å². The van der Waals surface area contributed by atoms with Crippen LogP contribution in [0.5, 0.6) is 0 Å². The minimum Gasteiger partial charge on any atom is -0.387 e. The van der Waals surface area contributed by atoms with Crippen molar-refractivity contribution in [2.45, 2.75) is 44.6 Å². The number of nitrogens with zero attached hydrogens (tertiary/aromatic N) is 1. The molecule has 2 aromatic rings. The van der Waals surface area contributed by atoms with E-state index in [1.807, 2.05) is 11.8 Å². The molecule has 4 heteroatoms. The Hall–Kier alpha value is -0.840. The average molecular weight is 319 g/mol. The molecule has 0 radical (unpaired) electrons. The highest BCUT2D eigenvalue weighted by atomic mass is 32.2. The summed E-state index contributed by atoms with van der Waals surface area (Å²) < 4.78 is 0. The fourth-order valence-corrected chi connectivity index (χ4v) is 4.61. The number of hydrogen-bond acceptors (Lipinski definition) is 4. The van der Waals surface area contributed by atoms with Gasteiger partial charge in [0.15, 0.2) is 0 Å². The van der Waals surface area contributed by atoms with Crippen molar-refractivity contribution in [3.63, 3.8) is 0 Å². The van der Waals surface area contributed by atoms with Crippen LogP contribution in [-0.2, 0) is 6.42 Å². The second-order valence-electron chi connectivity index (χ2n) is 6.35. The van der Waals surface area contributed by atoms with Crippen LogP contribution in [0.25, 0.3) is 10.6 Å². The van der Waals surface area contributed by atoms with E-state index in [2.05, 4.69) is 45.0 Å². The van der Waals surface area contributed by atoms with Crippen LogP contribution in [-0.4, -0.2) is 15.8 Å². The predicted molar refractivity (Wildman–Crippen MR) is 91.0 cm³/mol. The van der Waals surface area contributed by atoms with Crippen LogP contribution in [0, 0.1) is 5.41 Å². The maximum absolute atomic E-state index is 10.3. The lowest BCUT2D eigenvalue weighted by Gasteiger charge is -2.31. The third kappa shape index (κ3) is 3.17. The lowest BCUT2D eigenvalue weighted by molar-refractivity contribution is 0.102. The smallest absolute Gasteiger partial charge is 0.123 e. The molecular weight excluding hydrogens is 298 g/mol. The van der Waals surface area contributed by atoms with Gasteiger partial charge >= 0.3 is 0 Å². The van der Waals surface area contributed by atoms with Crippen molar-refractivity contribution in [2.75, 3.05) is 5.75 Å². The molecule has 0 saturated carbocycles. The van der Waals surface area contributed by atoms with Gasteiger partial charge in [0.25, 0.3) is 0 Å². The molecule has 0 aliphatic heterocycles. The van der Waals surface area contributed by atoms with Crippen molar-refractivity contribution < 1.29 is 5.11 Å². The first-order valence-electron chi connectivity index (χ1n) is 7.39. The highest BCUT2D eigenvalue weighted by molar-refractivity contribution is 7.99. The van der Waals surface area contributed by atoms with Crippen LogP contribution < -0.4 is 0 Å². The van der Waals surface area contributed by atoms with Gasteiger partial charge in [-0.05, 0) is 36.1 Å². The quantitative estimate of drug-likeness (QED) is 0.814. The molecule has 0 bridgehead atoms. The molecule has 2 nitrogen and oxygen atoms in total. The molecule has 0 saturated heterocycles. The Bertz CT molecular complexity index is 631. The fourth-order valence-electron chi connectivity index (χ4n) is 2.88. The Morgan fingerprint density at radius 3 is 2.71 bits per heavy atom. The van der Waals surface area contributed by atoms with E-state index in [-0.39, 0.29) is 11.5 Å². The SMILES string of the molecule is CCSc1ccc(-c2nc3c(s2)C(O)CC(C)(C)C3)cc1. The van der Waals surface area contributed by atoms with E-state index >= 15 is 0 Å². The van der Waals surface area contributed by atoms with Crippen LogP contribution in [0.3, 0.4) is 0 Å². The molecule has 1 atom stereocenters. The van der Waals surface area contributed by atoms with E-state index in [0.717, 1.165) is 39.7 Å². The number of rotatable bonds is 3. The van der Waals surface area contributed by atoms with Crippen LogP contribution in [0.15, 0.2) is 29.2 Å². The van der Waals surface area contributed by atoms with Gasteiger partial charge in [0.05, 0.1) is 16.7 Å². The number of thioether (sulfide) groups is 1. The summed E-state index contributed by atoms with van der Waals surface area (Å²) in [6.45, 7) is 6.57. The lowest BCUT2D eigenvalue weighted by atomic mass is 9.77. The summed E-state index contributed by atoms with van der Waals surface area (Å²) in [6.07, 6.45) is 1.43. The molecule has 21 heavy (non-hydrogen) atoms. The van der Waals surface area contributed by atoms with Crippen molar-refractivity contribution in [1.82, 2.24) is 4.98 Å². The van der Waals surface area contributed by atoms with Crippen molar-refractivity contribution >= 4 is 23.1 Å². The van der Waals surface area contributed by atoms with Crippen molar-refractivity contribution in [3.05, 3.63) is 34.8 Å². The van der Waals surface area contributed by atoms with E-state index in [4.69, 9.17) is 4.98 Å². The summed E-state index contributed by atoms with van der Waals surface area (Å²) in [5, 5.41) is 11.4. The van der Waals surface area contributed by atoms with Crippen LogP contribution in [0.1, 0.15) is 43.9 Å². The number of aliphatic hydroxyl groups excluding tert-OH is 1. The zero-order valence-corrected chi connectivity index (χ0v) is 14.4. The van der Waals surface area contributed by atoms with Gasteiger partial charge in [0.1, 0.15) is 5.01 Å². The minimum absolute atomic E-state index is 0.138. The molecule has 1 unspecified atom stereocenters. The maximum atomic E-state index is 10.3. The maximum Gasteiger partial charge on any atom is 0.123 e. The molecule has 112 valence electrons. The molecule has 0 fully saturated rings. The highest BCUT2D eigenvalue weighted by Gasteiger charge is 2.34. The summed E-state index contributed by atoms with van der Waals surface area (Å²) in [4.78, 5) is 7.16. The number of aromatic nitrogens is 1. The monoisotopic (exact) mass is 319 g/mol. The number of aliphatic hydroxyl groups is 1. The molecule has 1 aliphatic carbocycles. The summed E-state index contributed by atoms with van der Waals surface area (Å²) in [5.41, 5.74) is 2.38. The van der Waals surface area contributed by atoms with Crippen molar-refractivity contribution in [1.29, 1.82) is 0 Å². The van der Waals surface area contributed by atoms with Crippen molar-refractivity contribution in [3.8, 4) is 10.6 Å². The van der Waals surface area contributed by atoms with Crippen LogP contribution in [0.2, 0.25) is 0 Å². The zero-order valence-electron chi connectivity index (χ0n) is 12.7. The van der Waals surface area contributed by atoms with E-state index in [1.165, 1.54) is 4.90 Å². The molecular formula is C17H21NOS2. The van der Waals surface area contributed by atoms with Crippen LogP contribution in [0.4, 0.5) is 0 Å². The first-order valence-corrected chi connectivity index (χ1v) is 9.19. The van der Waals surface area contributed by atoms with Gasteiger partial charge in [0, 0.05) is 10.5 Å². The van der Waals surface area contributed by atoms with E-state index in [0.29, 0.717) is 0 Å². The van der Waals surface area contributed by atoms with E-state index in [9.17, 15) is 5.11 Å². The van der Waals surface area contributed by atoms with Gasteiger partial charge in [-0.15, -0.1) is 23.1 Å². The van der Waals surface area contributed by atoms with Gasteiger partial charge in [-0.2, -0.15) is 0 Å². The Morgan fingerprint density at radius 2 is 2.05 bits per heavy atom. The number of hydrogen-bond donors (Lipinski definition) is 1. The standard InChI is InChI=1S/C17H21NOS2/c1-4-20-12-7-5-11(6-8-12)16-18-13-9-17(2,3)10-14(19)15(13)21-16/h5-8,14,19H,4,9-10H2,1-3H3. The summed E-state index contributed by atoms with van der Waals surface area (Å²) in [5.74, 6) is 1.09. The predicted octanol–water partition coefficient (Wildman–Crippen LogP) is 4.93. The molecule has 0 spiro atoms. The summed E-state index contributed by atoms with van der Waals surface area (Å²) in [6, 6.07) is 8.59. The lowest BCUT2D eigenvalue weighted by Crippen LogP contribution is -2.24. The topological polar surface area (TPSA) is 33.1 Å². The van der Waals surface area contributed by atoms with Gasteiger partial charge in [-0.3, -0.25) is 0 Å². The average Bonchev–Trinajstić information content (AvgIpc) is 2.82. The number of thiazole rings is 1. The normalized spacial score (nSPS) is 20.3. The van der Waals surface area contributed by atoms with E-state index in [1.54, 1.807) is 11.3 Å². The summed E-state index contributed by atoms with van der Waals surface area (Å²) >= 11 is 3.50. The fraction of sp³-hybridized carbons (Fsp3) is 0.471. The van der Waals surface area contributed by atoms with Gasteiger partial charge in [-0.1, -0.05) is 32.9 Å². The highest BCUT2D eigenvalue weighted by Crippen LogP contribution is 2.44. The van der Waals surface area contributed by atoms with E-state index < -0.39 is 0 Å². The molecule has 1 aromatic carbocycles. The van der Waals surface area contributed by atoms with Crippen molar-refractivity contribution in [2.24, 2.45) is 5.41 Å². The Morgan fingerprint density at radius 1 is 1.33 bits per heavy atom. The van der Waals surface area contributed by atoms with Gasteiger partial charge < -0.3 is 5.11 Å². The molecule has 1 N–H and O–H groups in total. The minimum atomic E-state index is -0.357. The molecule has 0 amide bonds. The third-order valence-corrected chi connectivity index (χ3v) is 5.98. The van der Waals surface area contributed by atoms with Gasteiger partial charge in [-0.25, -0.2) is 4.98 Å². The zero-order chi connectivity index (χ0) is 15.0. The Kier molecular flexibility index (Phi) is 4.12. The second-order valence-corrected chi connectivity index (χ2v) is 8.72. The first kappa shape index (κ1) is 15.1. The number of benzene rings is 1. The Balaban J connectivity index is 1.91. The third-order valence-electron chi connectivity index (χ3n) is 3.83. The first-order chi connectivity index (χ1) is 9.98. The van der Waals surface area contributed by atoms with Gasteiger partial charge in [0.2, 0.25) is 0 Å². The molecule has 1 heterocycles. The van der Waals surface area contributed by atoms with Crippen LogP contribution >= 0.6 is 23.1 Å². The number of fused-ring (bicyclic) bond motifs is 1. The second kappa shape index (κ2) is 5.75. The molecule has 1 aromatic heterocycles. The summed E-state index contributed by atoms with van der Waals surface area (Å²) in [7, 11) is 0. The molecule has 1 aliphatic rings. The molecule has 3 rings (SSSR count).